The van der Waals surface area contributed by atoms with Crippen LogP contribution >= 0.6 is 28.6 Å². The molecule has 0 atom stereocenters. The molecule has 3 aromatic carbocycles. The Morgan fingerprint density at radius 1 is 0.667 bits per heavy atom. The van der Waals surface area contributed by atoms with Crippen LogP contribution in [0.4, 0.5) is 0 Å². The third-order valence-electron chi connectivity index (χ3n) is 4.21. The van der Waals surface area contributed by atoms with E-state index in [1.165, 1.54) is 0 Å². The van der Waals surface area contributed by atoms with Crippen molar-refractivity contribution in [2.24, 2.45) is 0 Å². The van der Waals surface area contributed by atoms with Crippen molar-refractivity contribution in [1.82, 2.24) is 0 Å². The Labute approximate surface area is 153 Å². The zero-order valence-electron chi connectivity index (χ0n) is 12.4. The summed E-state index contributed by atoms with van der Waals surface area (Å²) in [5.41, 5.74) is 3.42. The second kappa shape index (κ2) is 5.72. The van der Waals surface area contributed by atoms with Gasteiger partial charge in [0.1, 0.15) is 0 Å². The van der Waals surface area contributed by atoms with Crippen LogP contribution in [0.5, 0.6) is 0 Å². The van der Waals surface area contributed by atoms with Gasteiger partial charge in [-0.2, -0.15) is 0 Å². The number of ketones is 2. The topological polar surface area (TPSA) is 34.1 Å². The lowest BCUT2D eigenvalue weighted by Gasteiger charge is -2.21. The molecule has 0 saturated carbocycles. The SMILES string of the molecule is O=C1c2ccc(S)c(Br)c2C(=O)c2cccc(-c3ccccc3)c21. The van der Waals surface area contributed by atoms with Gasteiger partial charge in [-0.25, -0.2) is 0 Å². The third kappa shape index (κ3) is 2.18. The Kier molecular flexibility index (Phi) is 3.66. The number of fused-ring (bicyclic) bond motifs is 2. The van der Waals surface area contributed by atoms with Crippen molar-refractivity contribution in [3.8, 4) is 11.1 Å². The molecule has 0 fully saturated rings. The normalized spacial score (nSPS) is 12.8. The average Bonchev–Trinajstić information content (AvgIpc) is 2.62. The molecule has 0 unspecified atom stereocenters. The van der Waals surface area contributed by atoms with Crippen molar-refractivity contribution in [1.29, 1.82) is 0 Å². The fraction of sp³-hybridized carbons (Fsp3) is 0. The van der Waals surface area contributed by atoms with Crippen molar-refractivity contribution in [2.75, 3.05) is 0 Å². The van der Waals surface area contributed by atoms with Gasteiger partial charge in [0.25, 0.3) is 0 Å². The summed E-state index contributed by atoms with van der Waals surface area (Å²) in [4.78, 5) is 26.7. The molecule has 0 N–H and O–H groups in total. The van der Waals surface area contributed by atoms with E-state index in [4.69, 9.17) is 0 Å². The van der Waals surface area contributed by atoms with Crippen LogP contribution in [-0.4, -0.2) is 11.6 Å². The van der Waals surface area contributed by atoms with E-state index < -0.39 is 0 Å². The first-order valence-electron chi connectivity index (χ1n) is 7.39. The van der Waals surface area contributed by atoms with Gasteiger partial charge in [-0.15, -0.1) is 12.6 Å². The second-order valence-corrected chi connectivity index (χ2v) is 6.85. The van der Waals surface area contributed by atoms with Crippen LogP contribution in [0, 0.1) is 0 Å². The molecule has 0 heterocycles. The summed E-state index contributed by atoms with van der Waals surface area (Å²) in [7, 11) is 0. The lowest BCUT2D eigenvalue weighted by molar-refractivity contribution is 0.0978. The molecule has 1 aliphatic rings. The number of halogens is 1. The van der Waals surface area contributed by atoms with Crippen molar-refractivity contribution in [2.45, 2.75) is 4.90 Å². The van der Waals surface area contributed by atoms with Gasteiger partial charge in [-0.05, 0) is 39.2 Å². The third-order valence-corrected chi connectivity index (χ3v) is 5.72. The molecule has 0 bridgehead atoms. The highest BCUT2D eigenvalue weighted by Gasteiger charge is 2.33. The van der Waals surface area contributed by atoms with E-state index in [1.54, 1.807) is 18.2 Å². The van der Waals surface area contributed by atoms with Crippen LogP contribution in [0.1, 0.15) is 31.8 Å². The molecule has 0 amide bonds. The summed E-state index contributed by atoms with van der Waals surface area (Å²) in [5, 5.41) is 0. The molecule has 116 valence electrons. The standard InChI is InChI=1S/C20H11BrO2S/c21-18-15(24)10-9-14-17(18)20(23)13-8-4-7-12(16(13)19(14)22)11-5-2-1-3-6-11/h1-10,24H. The first-order chi connectivity index (χ1) is 11.6. The highest BCUT2D eigenvalue weighted by molar-refractivity contribution is 9.10. The molecule has 0 saturated heterocycles. The minimum Gasteiger partial charge on any atom is -0.289 e. The summed E-state index contributed by atoms with van der Waals surface area (Å²) < 4.78 is 0.567. The van der Waals surface area contributed by atoms with Crippen LogP contribution in [0.2, 0.25) is 0 Å². The molecular formula is C20H11BrO2S. The number of thiol groups is 1. The van der Waals surface area contributed by atoms with Crippen molar-refractivity contribution in [3.05, 3.63) is 87.4 Å². The van der Waals surface area contributed by atoms with E-state index in [2.05, 4.69) is 28.6 Å². The van der Waals surface area contributed by atoms with Crippen LogP contribution < -0.4 is 0 Å². The lowest BCUT2D eigenvalue weighted by atomic mass is 9.80. The van der Waals surface area contributed by atoms with E-state index >= 15 is 0 Å². The Morgan fingerprint density at radius 3 is 2.04 bits per heavy atom. The van der Waals surface area contributed by atoms with Gasteiger partial charge < -0.3 is 0 Å². The molecule has 24 heavy (non-hydrogen) atoms. The minimum absolute atomic E-state index is 0.131. The van der Waals surface area contributed by atoms with Crippen LogP contribution in [0.15, 0.2) is 70.0 Å². The maximum Gasteiger partial charge on any atom is 0.195 e. The Morgan fingerprint density at radius 2 is 1.29 bits per heavy atom. The second-order valence-electron chi connectivity index (χ2n) is 5.57. The van der Waals surface area contributed by atoms with E-state index in [1.807, 2.05) is 42.5 Å². The predicted octanol–water partition coefficient (Wildman–Crippen LogP) is 5.18. The van der Waals surface area contributed by atoms with Gasteiger partial charge in [-0.1, -0.05) is 48.5 Å². The fourth-order valence-corrected chi connectivity index (χ4v) is 3.80. The molecule has 0 radical (unpaired) electrons. The molecule has 0 aromatic heterocycles. The Bertz CT molecular complexity index is 1010. The summed E-state index contributed by atoms with van der Waals surface area (Å²) in [5.74, 6) is -0.284. The maximum atomic E-state index is 13.1. The first kappa shape index (κ1) is 15.4. The van der Waals surface area contributed by atoms with E-state index in [0.29, 0.717) is 31.6 Å². The van der Waals surface area contributed by atoms with Crippen LogP contribution in [-0.2, 0) is 0 Å². The summed E-state index contributed by atoms with van der Waals surface area (Å²) in [6, 6.07) is 18.5. The molecule has 2 nitrogen and oxygen atoms in total. The molecule has 3 aromatic rings. The predicted molar refractivity (Wildman–Crippen MR) is 100 cm³/mol. The molecule has 0 aliphatic heterocycles. The molecule has 1 aliphatic carbocycles. The number of carbonyl (C=O) groups is 2. The highest BCUT2D eigenvalue weighted by Crippen LogP contribution is 2.38. The van der Waals surface area contributed by atoms with Crippen LogP contribution in [0.25, 0.3) is 11.1 Å². The lowest BCUT2D eigenvalue weighted by Crippen LogP contribution is -2.22. The van der Waals surface area contributed by atoms with Crippen molar-refractivity contribution in [3.63, 3.8) is 0 Å². The zero-order valence-corrected chi connectivity index (χ0v) is 14.9. The number of hydrogen-bond acceptors (Lipinski definition) is 3. The zero-order chi connectivity index (χ0) is 16.8. The number of rotatable bonds is 1. The van der Waals surface area contributed by atoms with E-state index in [0.717, 1.165) is 11.1 Å². The summed E-state index contributed by atoms with van der Waals surface area (Å²) in [6.45, 7) is 0. The van der Waals surface area contributed by atoms with Gasteiger partial charge in [0.05, 0.1) is 0 Å². The Balaban J connectivity index is 2.03. The average molecular weight is 395 g/mol. The quantitative estimate of drug-likeness (QED) is 0.451. The van der Waals surface area contributed by atoms with Gasteiger partial charge in [0, 0.05) is 31.6 Å². The van der Waals surface area contributed by atoms with Gasteiger partial charge in [-0.3, -0.25) is 9.59 Å². The maximum absolute atomic E-state index is 13.1. The monoisotopic (exact) mass is 394 g/mol. The summed E-state index contributed by atoms with van der Waals surface area (Å²) >= 11 is 7.74. The van der Waals surface area contributed by atoms with Gasteiger partial charge >= 0.3 is 0 Å². The number of carbonyl (C=O) groups excluding carboxylic acids is 2. The van der Waals surface area contributed by atoms with E-state index in [-0.39, 0.29) is 11.6 Å². The molecular weight excluding hydrogens is 384 g/mol. The molecule has 0 spiro atoms. The number of benzene rings is 3. The van der Waals surface area contributed by atoms with Crippen molar-refractivity contribution < 1.29 is 9.59 Å². The fourth-order valence-electron chi connectivity index (χ4n) is 3.09. The highest BCUT2D eigenvalue weighted by atomic mass is 79.9. The van der Waals surface area contributed by atoms with Gasteiger partial charge in [0.2, 0.25) is 0 Å². The molecule has 4 heteroatoms. The van der Waals surface area contributed by atoms with Crippen molar-refractivity contribution >= 4 is 40.1 Å². The smallest absolute Gasteiger partial charge is 0.195 e. The Hall–Kier alpha value is -2.17. The number of hydrogen-bond donors (Lipinski definition) is 1. The van der Waals surface area contributed by atoms with Gasteiger partial charge in [0.15, 0.2) is 11.6 Å². The van der Waals surface area contributed by atoms with E-state index in [9.17, 15) is 9.59 Å². The minimum atomic E-state index is -0.153. The van der Waals surface area contributed by atoms with Crippen LogP contribution in [0.3, 0.4) is 0 Å². The largest absolute Gasteiger partial charge is 0.289 e. The molecule has 4 rings (SSSR count). The summed E-state index contributed by atoms with van der Waals surface area (Å²) in [6.07, 6.45) is 0. The first-order valence-corrected chi connectivity index (χ1v) is 8.63.